The van der Waals surface area contributed by atoms with Gasteiger partial charge in [0.25, 0.3) is 0 Å². The van der Waals surface area contributed by atoms with Crippen molar-refractivity contribution >= 4 is 32.7 Å². The van der Waals surface area contributed by atoms with E-state index in [4.69, 9.17) is 23.7 Å². The van der Waals surface area contributed by atoms with Gasteiger partial charge < -0.3 is 23.7 Å². The van der Waals surface area contributed by atoms with Crippen molar-refractivity contribution < 1.29 is 28.5 Å². The third-order valence-corrected chi connectivity index (χ3v) is 3.65. The largest absolute Gasteiger partial charge is 0.466 e. The van der Waals surface area contributed by atoms with Crippen LogP contribution in [-0.2, 0) is 14.2 Å². The fourth-order valence-electron chi connectivity index (χ4n) is 2.21. The Morgan fingerprint density at radius 2 is 1.79 bits per heavy atom. The van der Waals surface area contributed by atoms with Crippen molar-refractivity contribution in [3.8, 4) is 11.5 Å². The first-order chi connectivity index (χ1) is 11.6. The fraction of sp³-hybridized carbons (Fsp3) is 0.353. The van der Waals surface area contributed by atoms with E-state index in [1.54, 1.807) is 13.0 Å². The number of ether oxygens (including phenoxy) is 5. The number of methoxy groups -OCH3 is 2. The number of esters is 1. The molecule has 0 saturated carbocycles. The predicted molar refractivity (Wildman–Crippen MR) is 92.6 cm³/mol. The lowest BCUT2D eigenvalue weighted by molar-refractivity contribution is 0.0381. The summed E-state index contributed by atoms with van der Waals surface area (Å²) in [6.07, 6.45) is 0. The summed E-state index contributed by atoms with van der Waals surface area (Å²) in [7, 11) is 3.01. The van der Waals surface area contributed by atoms with E-state index < -0.39 is 5.97 Å². The zero-order valence-electron chi connectivity index (χ0n) is 13.8. The third-order valence-electron chi connectivity index (χ3n) is 3.15. The van der Waals surface area contributed by atoms with E-state index in [-0.39, 0.29) is 25.8 Å². The number of carbonyl (C=O) groups excluding carboxylic acids is 1. The molecule has 0 radical (unpaired) electrons. The van der Waals surface area contributed by atoms with Gasteiger partial charge in [0.2, 0.25) is 0 Å². The summed E-state index contributed by atoms with van der Waals surface area (Å²) in [5.74, 6) is 0.146. The van der Waals surface area contributed by atoms with Crippen LogP contribution in [0.2, 0.25) is 0 Å². The highest BCUT2D eigenvalue weighted by Crippen LogP contribution is 2.39. The van der Waals surface area contributed by atoms with Gasteiger partial charge in [-0.3, -0.25) is 0 Å². The molecule has 2 aromatic rings. The molecule has 24 heavy (non-hydrogen) atoms. The first kappa shape index (κ1) is 18.5. The van der Waals surface area contributed by atoms with Crippen LogP contribution in [0.15, 0.2) is 28.7 Å². The maximum Gasteiger partial charge on any atom is 0.345 e. The smallest absolute Gasteiger partial charge is 0.345 e. The van der Waals surface area contributed by atoms with Crippen molar-refractivity contribution in [2.24, 2.45) is 0 Å². The highest BCUT2D eigenvalue weighted by molar-refractivity contribution is 9.10. The van der Waals surface area contributed by atoms with Crippen molar-refractivity contribution in [3.05, 3.63) is 34.3 Å². The quantitative estimate of drug-likeness (QED) is 0.498. The highest BCUT2D eigenvalue weighted by Gasteiger charge is 2.24. The zero-order valence-corrected chi connectivity index (χ0v) is 15.3. The maximum atomic E-state index is 12.5. The van der Waals surface area contributed by atoms with Crippen LogP contribution >= 0.6 is 15.9 Å². The van der Waals surface area contributed by atoms with E-state index >= 15 is 0 Å². The van der Waals surface area contributed by atoms with Gasteiger partial charge in [0.05, 0.1) is 6.61 Å². The van der Waals surface area contributed by atoms with E-state index in [9.17, 15) is 4.79 Å². The minimum Gasteiger partial charge on any atom is -0.466 e. The van der Waals surface area contributed by atoms with Crippen LogP contribution in [0.4, 0.5) is 0 Å². The van der Waals surface area contributed by atoms with Gasteiger partial charge in [0, 0.05) is 24.1 Å². The van der Waals surface area contributed by atoms with Crippen molar-refractivity contribution in [2.75, 3.05) is 34.4 Å². The molecule has 0 heterocycles. The van der Waals surface area contributed by atoms with Crippen LogP contribution in [0.1, 0.15) is 17.3 Å². The number of hydrogen-bond donors (Lipinski definition) is 0. The number of benzene rings is 2. The molecule has 0 spiro atoms. The van der Waals surface area contributed by atoms with Crippen molar-refractivity contribution in [3.63, 3.8) is 0 Å². The Bertz CT molecular complexity index is 716. The minimum absolute atomic E-state index is 0.00183. The van der Waals surface area contributed by atoms with Gasteiger partial charge >= 0.3 is 5.97 Å². The van der Waals surface area contributed by atoms with Gasteiger partial charge in [0.1, 0.15) is 17.1 Å². The molecule has 0 bridgehead atoms. The standard InChI is InChI=1S/C17H19BrO6/c1-4-22-17(19)15-14(23-9-20-2)7-11-5-6-12(18)8-13(11)16(15)24-10-21-3/h5-8H,4,9-10H2,1-3H3. The Kier molecular flexibility index (Phi) is 6.84. The first-order valence-corrected chi connectivity index (χ1v) is 8.08. The number of carbonyl (C=O) groups is 1. The lowest BCUT2D eigenvalue weighted by Crippen LogP contribution is -2.13. The van der Waals surface area contributed by atoms with Crippen LogP contribution in [-0.4, -0.2) is 40.4 Å². The maximum absolute atomic E-state index is 12.5. The summed E-state index contributed by atoms with van der Waals surface area (Å²) in [6.45, 7) is 1.96. The van der Waals surface area contributed by atoms with Gasteiger partial charge in [-0.25, -0.2) is 4.79 Å². The van der Waals surface area contributed by atoms with Gasteiger partial charge in [-0.1, -0.05) is 22.0 Å². The van der Waals surface area contributed by atoms with E-state index in [1.165, 1.54) is 14.2 Å². The molecule has 2 rings (SSSR count). The second-order valence-electron chi connectivity index (χ2n) is 4.77. The second kappa shape index (κ2) is 8.86. The lowest BCUT2D eigenvalue weighted by atomic mass is 10.0. The molecule has 0 saturated heterocycles. The molecule has 6 nitrogen and oxygen atoms in total. The molecule has 130 valence electrons. The molecule has 7 heteroatoms. The normalized spacial score (nSPS) is 10.7. The van der Waals surface area contributed by atoms with E-state index in [1.807, 2.05) is 18.2 Å². The number of fused-ring (bicyclic) bond motifs is 1. The molecule has 2 aromatic carbocycles. The molecule has 0 aliphatic carbocycles. The Hall–Kier alpha value is -1.83. The molecule has 0 aliphatic rings. The van der Waals surface area contributed by atoms with Crippen LogP contribution in [0.25, 0.3) is 10.8 Å². The molecular weight excluding hydrogens is 380 g/mol. The summed E-state index contributed by atoms with van der Waals surface area (Å²) >= 11 is 3.43. The van der Waals surface area contributed by atoms with Gasteiger partial charge in [-0.2, -0.15) is 0 Å². The number of halogens is 1. The number of hydrogen-bond acceptors (Lipinski definition) is 6. The summed E-state index contributed by atoms with van der Waals surface area (Å²) in [4.78, 5) is 12.5. The average molecular weight is 399 g/mol. The molecule has 0 N–H and O–H groups in total. The molecule has 0 unspecified atom stereocenters. The molecule has 0 aliphatic heterocycles. The molecule has 0 atom stereocenters. The SMILES string of the molecule is CCOC(=O)c1c(OCOC)cc2ccc(Br)cc2c1OCOC. The summed E-state index contributed by atoms with van der Waals surface area (Å²) < 4.78 is 27.2. The first-order valence-electron chi connectivity index (χ1n) is 7.29. The number of rotatable bonds is 8. The van der Waals surface area contributed by atoms with Crippen LogP contribution < -0.4 is 9.47 Å². The summed E-state index contributed by atoms with van der Waals surface area (Å²) in [5.41, 5.74) is 0.205. The van der Waals surface area contributed by atoms with Crippen LogP contribution in [0.3, 0.4) is 0 Å². The molecule has 0 amide bonds. The van der Waals surface area contributed by atoms with Crippen LogP contribution in [0.5, 0.6) is 11.5 Å². The summed E-state index contributed by atoms with van der Waals surface area (Å²) in [5, 5.41) is 1.60. The topological polar surface area (TPSA) is 63.2 Å². The molecule has 0 fully saturated rings. The Labute approximate surface area is 148 Å². The second-order valence-corrected chi connectivity index (χ2v) is 5.68. The average Bonchev–Trinajstić information content (AvgIpc) is 2.57. The van der Waals surface area contributed by atoms with Crippen molar-refractivity contribution in [1.29, 1.82) is 0 Å². The Morgan fingerprint density at radius 1 is 1.08 bits per heavy atom. The van der Waals surface area contributed by atoms with Crippen molar-refractivity contribution in [2.45, 2.75) is 6.92 Å². The van der Waals surface area contributed by atoms with Gasteiger partial charge in [-0.05, 0) is 30.5 Å². The third kappa shape index (κ3) is 4.17. The van der Waals surface area contributed by atoms with E-state index in [2.05, 4.69) is 15.9 Å². The molecule has 0 aromatic heterocycles. The van der Waals surface area contributed by atoms with Gasteiger partial charge in [-0.15, -0.1) is 0 Å². The Balaban J connectivity index is 2.69. The predicted octanol–water partition coefficient (Wildman–Crippen LogP) is 3.74. The summed E-state index contributed by atoms with van der Waals surface area (Å²) in [6, 6.07) is 7.41. The van der Waals surface area contributed by atoms with Crippen molar-refractivity contribution in [1.82, 2.24) is 0 Å². The fourth-order valence-corrected chi connectivity index (χ4v) is 2.57. The van der Waals surface area contributed by atoms with E-state index in [0.717, 1.165) is 15.2 Å². The zero-order chi connectivity index (χ0) is 17.5. The lowest BCUT2D eigenvalue weighted by Gasteiger charge is -2.17. The minimum atomic E-state index is -0.531. The highest BCUT2D eigenvalue weighted by atomic mass is 79.9. The monoisotopic (exact) mass is 398 g/mol. The Morgan fingerprint density at radius 3 is 2.46 bits per heavy atom. The van der Waals surface area contributed by atoms with E-state index in [0.29, 0.717) is 11.5 Å². The van der Waals surface area contributed by atoms with Crippen LogP contribution in [0, 0.1) is 0 Å². The molecular formula is C17H19BrO6. The van der Waals surface area contributed by atoms with Gasteiger partial charge in [0.15, 0.2) is 13.6 Å².